The molecular weight excluding hydrogens is 799 g/mol. The molecule has 0 spiro atoms. The molecule has 8 rings (SSSR count). The zero-order chi connectivity index (χ0) is 39.1. The average molecular weight is 865 g/mol. The number of benzene rings is 4. The minimum absolute atomic E-state index is 0. The van der Waals surface area contributed by atoms with Gasteiger partial charge < -0.3 is 24.8 Å². The Morgan fingerprint density at radius 1 is 0.518 bits per heavy atom. The summed E-state index contributed by atoms with van der Waals surface area (Å²) < 4.78 is 0. The number of halogens is 2. The molecule has 56 heavy (non-hydrogen) atoms. The van der Waals surface area contributed by atoms with Gasteiger partial charge in [0.2, 0.25) is 0 Å². The fraction of sp³-hybridized carbons (Fsp3) is 0.453. The maximum atomic E-state index is 3.86. The van der Waals surface area contributed by atoms with E-state index in [0.717, 1.165) is 6.42 Å². The van der Waals surface area contributed by atoms with Crippen LogP contribution in [0.2, 0.25) is 0 Å². The van der Waals surface area contributed by atoms with Crippen molar-refractivity contribution in [2.24, 2.45) is 11.3 Å². The number of fused-ring (bicyclic) bond motifs is 4. The topological polar surface area (TPSA) is 0 Å². The van der Waals surface area contributed by atoms with Crippen LogP contribution in [0.5, 0.6) is 0 Å². The Kier molecular flexibility index (Phi) is 14.1. The van der Waals surface area contributed by atoms with Crippen molar-refractivity contribution in [3.63, 3.8) is 0 Å². The monoisotopic (exact) mass is 862 g/mol. The van der Waals surface area contributed by atoms with Crippen molar-refractivity contribution in [1.29, 1.82) is 0 Å². The van der Waals surface area contributed by atoms with E-state index in [1.807, 2.05) is 0 Å². The van der Waals surface area contributed by atoms with Gasteiger partial charge in [-0.3, -0.25) is 6.08 Å². The van der Waals surface area contributed by atoms with Gasteiger partial charge in [-0.05, 0) is 32.8 Å². The molecule has 2 bridgehead atoms. The van der Waals surface area contributed by atoms with Gasteiger partial charge in [-0.15, -0.1) is 45.3 Å². The molecule has 0 nitrogen and oxygen atoms in total. The van der Waals surface area contributed by atoms with Crippen LogP contribution >= 0.6 is 0 Å². The van der Waals surface area contributed by atoms with Gasteiger partial charge in [0.15, 0.2) is 0 Å². The normalized spacial score (nSPS) is 16.6. The van der Waals surface area contributed by atoms with Crippen LogP contribution in [0.4, 0.5) is 0 Å². The fourth-order valence-corrected chi connectivity index (χ4v) is 9.26. The summed E-state index contributed by atoms with van der Waals surface area (Å²) in [4.78, 5) is 0. The van der Waals surface area contributed by atoms with Crippen molar-refractivity contribution in [1.82, 2.24) is 0 Å². The van der Waals surface area contributed by atoms with E-state index in [2.05, 4.69) is 208 Å². The third-order valence-electron chi connectivity index (χ3n) is 11.7. The van der Waals surface area contributed by atoms with Crippen molar-refractivity contribution < 1.29 is 51.0 Å². The summed E-state index contributed by atoms with van der Waals surface area (Å²) in [6.07, 6.45) is 4.99. The summed E-state index contributed by atoms with van der Waals surface area (Å²) in [5.74, 6) is 0.453. The zero-order valence-electron chi connectivity index (χ0n) is 37.2. The van der Waals surface area contributed by atoms with E-state index in [0.29, 0.717) is 5.92 Å². The number of allylic oxidation sites excluding steroid dienone is 4. The Morgan fingerprint density at radius 3 is 1.14 bits per heavy atom. The first-order chi connectivity index (χ1) is 24.4. The van der Waals surface area contributed by atoms with Crippen molar-refractivity contribution >= 4 is 21.5 Å². The largest absolute Gasteiger partial charge is 4.00 e. The molecule has 1 atom stereocenters. The van der Waals surface area contributed by atoms with Crippen molar-refractivity contribution in [3.8, 4) is 0 Å². The summed E-state index contributed by atoms with van der Waals surface area (Å²) >= 11 is 0. The molecule has 0 amide bonds. The molecule has 0 saturated heterocycles. The zero-order valence-corrected chi connectivity index (χ0v) is 41.2. The first-order valence-electron chi connectivity index (χ1n) is 20.2. The molecule has 0 aliphatic heterocycles. The van der Waals surface area contributed by atoms with Crippen molar-refractivity contribution in [2.75, 3.05) is 0 Å². The minimum Gasteiger partial charge on any atom is -1.00 e. The van der Waals surface area contributed by atoms with Crippen LogP contribution in [0, 0.1) is 17.4 Å². The van der Waals surface area contributed by atoms with Crippen LogP contribution in [-0.4, -0.2) is 0 Å². The van der Waals surface area contributed by atoms with E-state index in [1.165, 1.54) is 60.5 Å². The van der Waals surface area contributed by atoms with Gasteiger partial charge in [-0.25, -0.2) is 5.57 Å². The summed E-state index contributed by atoms with van der Waals surface area (Å²) in [5, 5.41) is 5.57. The van der Waals surface area contributed by atoms with Gasteiger partial charge in [-0.2, -0.15) is 5.57 Å². The molecule has 0 N–H and O–H groups in total. The molecule has 1 unspecified atom stereocenters. The smallest absolute Gasteiger partial charge is 1.00 e. The molecule has 0 aromatic heterocycles. The van der Waals surface area contributed by atoms with Crippen LogP contribution in [0.25, 0.3) is 21.5 Å². The van der Waals surface area contributed by atoms with Gasteiger partial charge in [0.25, 0.3) is 0 Å². The third-order valence-corrected chi connectivity index (χ3v) is 11.7. The predicted molar refractivity (Wildman–Crippen MR) is 233 cm³/mol. The third kappa shape index (κ3) is 8.41. The first kappa shape index (κ1) is 48.1. The standard InChI is InChI=1S/C29H41.C24H25.2ClH.Zr/c1-26(2,3)22-14-18-13-19-15-23(27(4,5)6)25(29(10,11)12)17-21(19)20(18)16-24(22)28(7,8)9;1-5-17-16-20-22(23(2,3)4)21(17)24(20,18-12-8-6-9-13-18)19-14-10-7-11-15-19;;;/h13-17H,1-12H3;6-15,17H,5H2,1-4H3;2*1H;/q2*-1;;;+4/p-2. The van der Waals surface area contributed by atoms with Crippen LogP contribution in [0.3, 0.4) is 0 Å². The Bertz CT molecular complexity index is 2090. The van der Waals surface area contributed by atoms with Crippen LogP contribution in [0.1, 0.15) is 151 Å². The summed E-state index contributed by atoms with van der Waals surface area (Å²) in [6.45, 7) is 37.3. The molecule has 5 aromatic carbocycles. The maximum Gasteiger partial charge on any atom is 4.00 e. The van der Waals surface area contributed by atoms with E-state index < -0.39 is 0 Å². The molecule has 3 heteroatoms. The molecule has 3 aliphatic carbocycles. The minimum atomic E-state index is -0.0776. The van der Waals surface area contributed by atoms with E-state index >= 15 is 0 Å². The second-order valence-electron chi connectivity index (χ2n) is 21.1. The van der Waals surface area contributed by atoms with Crippen LogP contribution in [0.15, 0.2) is 108 Å². The van der Waals surface area contributed by atoms with Gasteiger partial charge in [0.05, 0.1) is 0 Å². The Labute approximate surface area is 372 Å². The van der Waals surface area contributed by atoms with E-state index in [-0.39, 0.29) is 83.5 Å². The van der Waals surface area contributed by atoms with E-state index in [4.69, 9.17) is 0 Å². The Hall–Kier alpha value is -2.31. The average Bonchev–Trinajstić information content (AvgIpc) is 3.73. The first-order valence-corrected chi connectivity index (χ1v) is 20.2. The van der Waals surface area contributed by atoms with Gasteiger partial charge in [0, 0.05) is 5.41 Å². The Morgan fingerprint density at radius 2 is 0.857 bits per heavy atom. The maximum absolute atomic E-state index is 3.86. The van der Waals surface area contributed by atoms with Crippen molar-refractivity contribution in [3.05, 3.63) is 147 Å². The van der Waals surface area contributed by atoms with Gasteiger partial charge in [-0.1, -0.05) is 224 Å². The van der Waals surface area contributed by atoms with E-state index in [9.17, 15) is 0 Å². The molecule has 3 aliphatic rings. The number of rotatable bonds is 3. The second kappa shape index (κ2) is 16.4. The molecule has 0 fully saturated rings. The molecular formula is C53H66Cl2Zr. The van der Waals surface area contributed by atoms with E-state index in [1.54, 1.807) is 11.1 Å². The molecule has 5 aromatic rings. The SMILES string of the molecule is CC(C)(C)c1cc2[cH-]c3cc(C(C)(C)C)c(C(C)(C)C)cc3c2cc1C(C)(C)C.CCC1[C-]=C2C(C(C)(C)C)=C1C2(c1ccccc1)c1ccccc1.[Cl-].[Cl-].[Zr+4]. The summed E-state index contributed by atoms with van der Waals surface area (Å²) in [5.41, 5.74) is 13.8. The number of hydrogen-bond donors (Lipinski definition) is 0. The van der Waals surface area contributed by atoms with Crippen molar-refractivity contribution in [2.45, 2.75) is 144 Å². The second-order valence-corrected chi connectivity index (χ2v) is 21.1. The Balaban J connectivity index is 0.000000289. The van der Waals surface area contributed by atoms with Crippen LogP contribution < -0.4 is 24.8 Å². The molecule has 0 radical (unpaired) electrons. The molecule has 296 valence electrons. The van der Waals surface area contributed by atoms with Gasteiger partial charge >= 0.3 is 26.2 Å². The summed E-state index contributed by atoms with van der Waals surface area (Å²) in [6, 6.07) is 34.3. The summed E-state index contributed by atoms with van der Waals surface area (Å²) in [7, 11) is 0. The molecule has 0 saturated carbocycles. The quantitative estimate of drug-likeness (QED) is 0.159. The van der Waals surface area contributed by atoms with Crippen LogP contribution in [-0.2, 0) is 53.3 Å². The van der Waals surface area contributed by atoms with Gasteiger partial charge in [0.1, 0.15) is 0 Å². The molecule has 0 heterocycles. The number of hydrogen-bond acceptors (Lipinski definition) is 0. The predicted octanol–water partition coefficient (Wildman–Crippen LogP) is 9.01. The fourth-order valence-electron chi connectivity index (χ4n) is 9.26.